The van der Waals surface area contributed by atoms with Crippen molar-refractivity contribution in [2.75, 3.05) is 0 Å². The third kappa shape index (κ3) is 31.5. The molecule has 0 saturated heterocycles. The van der Waals surface area contributed by atoms with Gasteiger partial charge in [-0.05, 0) is 51.9 Å². The van der Waals surface area contributed by atoms with Crippen LogP contribution in [0.2, 0.25) is 0 Å². The first kappa shape index (κ1) is 51.2. The Kier molecular flexibility index (Phi) is 29.7. The molecule has 310 valence electrons. The largest absolute Gasteiger partial charge is 0.393 e. The molecule has 0 heterocycles. The maximum atomic E-state index is 12.2. The van der Waals surface area contributed by atoms with Crippen LogP contribution in [0.5, 0.6) is 0 Å². The number of aliphatic hydroxyl groups excluding tert-OH is 5. The standard InChI is InChI=1S/C41H68O13/c1-3-4-6-13-30(43)21-38(51)25-34(47)17-10-19-36(49)27-41(54)28-37(50)20-11-18-35(48)26-40(53)23-32(45)15-8-5-7-14-31(44)22-39(52)24-33(46)16-9-12-29(2)42/h30,38-41,43,51-54H,3-28H2,1-2H3. The molecule has 0 aliphatic heterocycles. The molecule has 0 aliphatic carbocycles. The summed E-state index contributed by atoms with van der Waals surface area (Å²) in [6.45, 7) is 3.50. The van der Waals surface area contributed by atoms with E-state index in [2.05, 4.69) is 6.92 Å². The lowest BCUT2D eigenvalue weighted by atomic mass is 9.97. The zero-order chi connectivity index (χ0) is 40.9. The summed E-state index contributed by atoms with van der Waals surface area (Å²) >= 11 is 0. The Morgan fingerprint density at radius 1 is 0.352 bits per heavy atom. The van der Waals surface area contributed by atoms with Crippen molar-refractivity contribution < 1.29 is 63.9 Å². The Morgan fingerprint density at radius 3 is 0.963 bits per heavy atom. The average Bonchev–Trinajstić information content (AvgIpc) is 3.03. The minimum Gasteiger partial charge on any atom is -0.393 e. The molecule has 0 aromatic carbocycles. The Hall–Kier alpha value is -2.84. The summed E-state index contributed by atoms with van der Waals surface area (Å²) in [5.41, 5.74) is 0. The number of rotatable bonds is 38. The summed E-state index contributed by atoms with van der Waals surface area (Å²) in [6.07, 6.45) is 0.989. The molecule has 5 N–H and O–H groups in total. The van der Waals surface area contributed by atoms with Gasteiger partial charge < -0.3 is 30.3 Å². The van der Waals surface area contributed by atoms with Crippen molar-refractivity contribution in [2.24, 2.45) is 0 Å². The van der Waals surface area contributed by atoms with Crippen LogP contribution in [-0.2, 0) is 38.4 Å². The Morgan fingerprint density at radius 2 is 0.648 bits per heavy atom. The van der Waals surface area contributed by atoms with Crippen LogP contribution in [0.25, 0.3) is 0 Å². The lowest BCUT2D eigenvalue weighted by Gasteiger charge is -2.15. The van der Waals surface area contributed by atoms with E-state index >= 15 is 0 Å². The fourth-order valence-corrected chi connectivity index (χ4v) is 6.24. The number of carbonyl (C=O) groups excluding carboxylic acids is 8. The van der Waals surface area contributed by atoms with E-state index in [0.29, 0.717) is 38.5 Å². The number of ketones is 8. The average molecular weight is 769 g/mol. The monoisotopic (exact) mass is 768 g/mol. The molecule has 0 bridgehead atoms. The molecule has 0 spiro atoms. The van der Waals surface area contributed by atoms with Crippen LogP contribution in [-0.4, -0.2) is 102 Å². The van der Waals surface area contributed by atoms with E-state index in [0.717, 1.165) is 19.3 Å². The molecule has 0 aromatic rings. The molecule has 0 saturated carbocycles. The van der Waals surface area contributed by atoms with Gasteiger partial charge in [0, 0.05) is 96.3 Å². The summed E-state index contributed by atoms with van der Waals surface area (Å²) in [7, 11) is 0. The topological polar surface area (TPSA) is 238 Å². The molecule has 0 aromatic heterocycles. The van der Waals surface area contributed by atoms with Crippen LogP contribution >= 0.6 is 0 Å². The van der Waals surface area contributed by atoms with E-state index in [9.17, 15) is 63.9 Å². The van der Waals surface area contributed by atoms with Gasteiger partial charge in [0.05, 0.1) is 30.5 Å². The Labute approximate surface area is 321 Å². The van der Waals surface area contributed by atoms with Crippen molar-refractivity contribution in [3.8, 4) is 0 Å². The van der Waals surface area contributed by atoms with Gasteiger partial charge in [0.2, 0.25) is 0 Å². The molecule has 5 unspecified atom stereocenters. The third-order valence-electron chi connectivity index (χ3n) is 9.15. The number of carbonyl (C=O) groups is 8. The van der Waals surface area contributed by atoms with E-state index in [1.807, 2.05) is 0 Å². The van der Waals surface area contributed by atoms with Crippen molar-refractivity contribution in [3.05, 3.63) is 0 Å². The summed E-state index contributed by atoms with van der Waals surface area (Å²) in [5.74, 6) is -1.70. The quantitative estimate of drug-likeness (QED) is 0.0544. The molecule has 0 rings (SSSR count). The van der Waals surface area contributed by atoms with Gasteiger partial charge in [0.15, 0.2) is 0 Å². The molecule has 13 nitrogen and oxygen atoms in total. The van der Waals surface area contributed by atoms with E-state index in [1.165, 1.54) is 6.92 Å². The zero-order valence-electron chi connectivity index (χ0n) is 32.8. The molecule has 0 aliphatic rings. The third-order valence-corrected chi connectivity index (χ3v) is 9.15. The van der Waals surface area contributed by atoms with Crippen LogP contribution in [0.1, 0.15) is 181 Å². The van der Waals surface area contributed by atoms with Crippen LogP contribution < -0.4 is 0 Å². The summed E-state index contributed by atoms with van der Waals surface area (Å²) in [5, 5.41) is 50.3. The zero-order valence-corrected chi connectivity index (χ0v) is 32.8. The highest BCUT2D eigenvalue weighted by atomic mass is 16.3. The molecule has 54 heavy (non-hydrogen) atoms. The predicted octanol–water partition coefficient (Wildman–Crippen LogP) is 4.53. The molecule has 13 heteroatoms. The minimum atomic E-state index is -1.17. The summed E-state index contributed by atoms with van der Waals surface area (Å²) in [6, 6.07) is 0. The van der Waals surface area contributed by atoms with E-state index in [1.54, 1.807) is 0 Å². The van der Waals surface area contributed by atoms with Crippen molar-refractivity contribution in [1.29, 1.82) is 0 Å². The van der Waals surface area contributed by atoms with Gasteiger partial charge in [-0.1, -0.05) is 32.6 Å². The normalized spacial score (nSPS) is 14.1. The number of hydrogen-bond acceptors (Lipinski definition) is 13. The molecule has 5 atom stereocenters. The fraction of sp³-hybridized carbons (Fsp3) is 0.805. The smallest absolute Gasteiger partial charge is 0.135 e. The number of unbranched alkanes of at least 4 members (excludes halogenated alkanes) is 4. The Balaban J connectivity index is 4.02. The predicted molar refractivity (Wildman–Crippen MR) is 201 cm³/mol. The van der Waals surface area contributed by atoms with Gasteiger partial charge in [-0.3, -0.25) is 33.6 Å². The van der Waals surface area contributed by atoms with Crippen molar-refractivity contribution >= 4 is 46.3 Å². The fourth-order valence-electron chi connectivity index (χ4n) is 6.24. The Bertz CT molecular complexity index is 1160. The van der Waals surface area contributed by atoms with Crippen molar-refractivity contribution in [1.82, 2.24) is 0 Å². The number of aliphatic hydroxyl groups is 5. The number of Topliss-reactive ketones (excluding diaryl/α,β-unsaturated/α-hetero) is 8. The first-order valence-electron chi connectivity index (χ1n) is 20.0. The second-order valence-electron chi connectivity index (χ2n) is 15.0. The van der Waals surface area contributed by atoms with Gasteiger partial charge >= 0.3 is 0 Å². The molecular weight excluding hydrogens is 700 g/mol. The van der Waals surface area contributed by atoms with Crippen molar-refractivity contribution in [2.45, 2.75) is 211 Å². The summed E-state index contributed by atoms with van der Waals surface area (Å²) < 4.78 is 0. The van der Waals surface area contributed by atoms with Gasteiger partial charge in [-0.2, -0.15) is 0 Å². The highest BCUT2D eigenvalue weighted by Gasteiger charge is 2.20. The minimum absolute atomic E-state index is 0.00455. The van der Waals surface area contributed by atoms with Gasteiger partial charge in [-0.15, -0.1) is 0 Å². The summed E-state index contributed by atoms with van der Waals surface area (Å²) in [4.78, 5) is 95.9. The highest BCUT2D eigenvalue weighted by Crippen LogP contribution is 2.15. The highest BCUT2D eigenvalue weighted by molar-refractivity contribution is 5.85. The van der Waals surface area contributed by atoms with E-state index in [-0.39, 0.29) is 155 Å². The van der Waals surface area contributed by atoms with Crippen LogP contribution in [0.15, 0.2) is 0 Å². The molecular formula is C41H68O13. The van der Waals surface area contributed by atoms with E-state index < -0.39 is 30.5 Å². The van der Waals surface area contributed by atoms with Crippen molar-refractivity contribution in [3.63, 3.8) is 0 Å². The molecule has 0 radical (unpaired) electrons. The first-order chi connectivity index (χ1) is 25.5. The van der Waals surface area contributed by atoms with Gasteiger partial charge in [0.25, 0.3) is 0 Å². The maximum absolute atomic E-state index is 12.2. The van der Waals surface area contributed by atoms with Crippen LogP contribution in [0, 0.1) is 0 Å². The molecule has 0 amide bonds. The van der Waals surface area contributed by atoms with Gasteiger partial charge in [-0.25, -0.2) is 0 Å². The lowest BCUT2D eigenvalue weighted by molar-refractivity contribution is -0.126. The second-order valence-corrected chi connectivity index (χ2v) is 15.0. The maximum Gasteiger partial charge on any atom is 0.135 e. The van der Waals surface area contributed by atoms with Gasteiger partial charge in [0.1, 0.15) is 46.3 Å². The van der Waals surface area contributed by atoms with Crippen LogP contribution in [0.4, 0.5) is 0 Å². The first-order valence-corrected chi connectivity index (χ1v) is 20.0. The van der Waals surface area contributed by atoms with E-state index in [4.69, 9.17) is 0 Å². The number of hydrogen-bond donors (Lipinski definition) is 5. The lowest BCUT2D eigenvalue weighted by Crippen LogP contribution is -2.21. The second kappa shape index (κ2) is 31.4. The van der Waals surface area contributed by atoms with Crippen LogP contribution in [0.3, 0.4) is 0 Å². The SMILES string of the molecule is CCCCCC(O)CC(O)CC(=O)CCCC(=O)CC(O)CC(=O)CCCC(=O)CC(O)CC(=O)CCCCCC(=O)CC(O)CC(=O)CCCC(C)=O. The molecule has 0 fully saturated rings.